The topological polar surface area (TPSA) is 80.5 Å². The Hall–Kier alpha value is -3.32. The highest BCUT2D eigenvalue weighted by atomic mass is 16.2. The number of H-pyrrole nitrogens is 1. The van der Waals surface area contributed by atoms with Crippen molar-refractivity contribution in [2.24, 2.45) is 0 Å². The van der Waals surface area contributed by atoms with E-state index >= 15 is 0 Å². The Labute approximate surface area is 180 Å². The van der Waals surface area contributed by atoms with Crippen molar-refractivity contribution in [1.82, 2.24) is 20.1 Å². The van der Waals surface area contributed by atoms with Crippen LogP contribution < -0.4 is 10.6 Å². The summed E-state index contributed by atoms with van der Waals surface area (Å²) in [6.07, 6.45) is 2.23. The normalized spacial score (nSPS) is 29.4. The van der Waals surface area contributed by atoms with Crippen LogP contribution in [0.5, 0.6) is 0 Å². The van der Waals surface area contributed by atoms with Gasteiger partial charge in [0.1, 0.15) is 11.7 Å². The van der Waals surface area contributed by atoms with Crippen LogP contribution in [0.1, 0.15) is 24.5 Å². The van der Waals surface area contributed by atoms with E-state index in [0.29, 0.717) is 19.6 Å². The van der Waals surface area contributed by atoms with E-state index in [1.54, 1.807) is 23.8 Å². The summed E-state index contributed by atoms with van der Waals surface area (Å²) in [6, 6.07) is 16.5. The highest BCUT2D eigenvalue weighted by Gasteiger charge is 2.69. The quantitative estimate of drug-likeness (QED) is 0.569. The van der Waals surface area contributed by atoms with Crippen molar-refractivity contribution < 1.29 is 9.59 Å². The molecule has 0 bridgehead atoms. The van der Waals surface area contributed by atoms with E-state index in [4.69, 9.17) is 0 Å². The smallest absolute Gasteiger partial charge is 0.250 e. The van der Waals surface area contributed by atoms with Crippen LogP contribution in [0.2, 0.25) is 0 Å². The lowest BCUT2D eigenvalue weighted by atomic mass is 9.69. The fourth-order valence-corrected chi connectivity index (χ4v) is 6.26. The summed E-state index contributed by atoms with van der Waals surface area (Å²) in [6.45, 7) is 2.50. The predicted molar refractivity (Wildman–Crippen MR) is 118 cm³/mol. The van der Waals surface area contributed by atoms with Crippen molar-refractivity contribution in [3.63, 3.8) is 0 Å². The van der Waals surface area contributed by atoms with Crippen LogP contribution in [0.4, 0.5) is 5.69 Å². The number of carbonyl (C=O) groups is 2. The maximum atomic E-state index is 13.6. The zero-order chi connectivity index (χ0) is 21.4. The lowest BCUT2D eigenvalue weighted by Gasteiger charge is -2.44. The number of amides is 2. The van der Waals surface area contributed by atoms with E-state index in [-0.39, 0.29) is 18.0 Å². The highest BCUT2D eigenvalue weighted by Crippen LogP contribution is 2.59. The molecule has 2 fully saturated rings. The second kappa shape index (κ2) is 6.11. The second-order valence-electron chi connectivity index (χ2n) is 9.00. The van der Waals surface area contributed by atoms with Gasteiger partial charge in [0.05, 0.1) is 12.1 Å². The zero-order valence-corrected chi connectivity index (χ0v) is 17.6. The third kappa shape index (κ3) is 2.16. The Morgan fingerprint density at radius 3 is 2.71 bits per heavy atom. The summed E-state index contributed by atoms with van der Waals surface area (Å²) in [5, 5.41) is 8.11. The number of fused-ring (bicyclic) bond motifs is 4. The first-order chi connectivity index (χ1) is 15.0. The average molecular weight is 415 g/mol. The molecule has 0 unspecified atom stereocenters. The summed E-state index contributed by atoms with van der Waals surface area (Å²) < 4.78 is 0. The number of nitrogens with one attached hydrogen (secondary N) is 3. The lowest BCUT2D eigenvalue weighted by molar-refractivity contribution is -0.154. The zero-order valence-electron chi connectivity index (χ0n) is 17.6. The first kappa shape index (κ1) is 18.4. The SMILES string of the molecule is CC(=O)N1[C@H]2Nc3ccccc3[C@@]2(c2c[nH]c3ccccc23)C[C@@]12CNCN(C)C2=O. The Morgan fingerprint density at radius 1 is 1.10 bits per heavy atom. The number of aromatic nitrogens is 1. The van der Waals surface area contributed by atoms with E-state index in [2.05, 4.69) is 46.1 Å². The van der Waals surface area contributed by atoms with Crippen LogP contribution in [-0.2, 0) is 15.0 Å². The Kier molecular flexibility index (Phi) is 3.63. The number of carbonyl (C=O) groups excluding carboxylic acids is 2. The number of nitrogens with zero attached hydrogens (tertiary/aromatic N) is 2. The van der Waals surface area contributed by atoms with Gasteiger partial charge in [-0.2, -0.15) is 0 Å². The summed E-state index contributed by atoms with van der Waals surface area (Å²) in [5.74, 6) is -0.105. The minimum absolute atomic E-state index is 0.00523. The molecular weight excluding hydrogens is 390 g/mol. The summed E-state index contributed by atoms with van der Waals surface area (Å²) in [4.78, 5) is 33.7. The van der Waals surface area contributed by atoms with Gasteiger partial charge in [0.25, 0.3) is 5.91 Å². The van der Waals surface area contributed by atoms with Crippen molar-refractivity contribution in [3.8, 4) is 0 Å². The van der Waals surface area contributed by atoms with Gasteiger partial charge in [-0.05, 0) is 29.7 Å². The minimum atomic E-state index is -0.942. The molecule has 0 radical (unpaired) electrons. The summed E-state index contributed by atoms with van der Waals surface area (Å²) >= 11 is 0. The van der Waals surface area contributed by atoms with E-state index in [1.165, 1.54) is 0 Å². The Bertz CT molecular complexity index is 1240. The molecule has 2 aromatic carbocycles. The number of rotatable bonds is 1. The van der Waals surface area contributed by atoms with Crippen LogP contribution in [0.3, 0.4) is 0 Å². The predicted octanol–water partition coefficient (Wildman–Crippen LogP) is 2.22. The third-order valence-corrected chi connectivity index (χ3v) is 7.38. The molecule has 7 nitrogen and oxygen atoms in total. The second-order valence-corrected chi connectivity index (χ2v) is 9.00. The van der Waals surface area contributed by atoms with Gasteiger partial charge in [-0.1, -0.05) is 36.4 Å². The summed E-state index contributed by atoms with van der Waals surface area (Å²) in [5.41, 5.74) is 2.84. The third-order valence-electron chi connectivity index (χ3n) is 7.38. The van der Waals surface area contributed by atoms with Crippen LogP contribution >= 0.6 is 0 Å². The van der Waals surface area contributed by atoms with Crippen LogP contribution in [0.25, 0.3) is 10.9 Å². The van der Waals surface area contributed by atoms with E-state index < -0.39 is 11.0 Å². The number of anilines is 1. The minimum Gasteiger partial charge on any atom is -0.364 e. The molecule has 3 aromatic rings. The molecule has 0 saturated carbocycles. The Morgan fingerprint density at radius 2 is 1.87 bits per heavy atom. The van der Waals surface area contributed by atoms with Crippen molar-refractivity contribution in [3.05, 3.63) is 65.9 Å². The van der Waals surface area contributed by atoms with E-state index in [0.717, 1.165) is 27.7 Å². The number of likely N-dealkylation sites (N-methyl/N-ethyl adjacent to an activating group) is 1. The molecule has 2 saturated heterocycles. The average Bonchev–Trinajstić information content (AvgIpc) is 3.40. The van der Waals surface area contributed by atoms with E-state index in [9.17, 15) is 9.59 Å². The van der Waals surface area contributed by atoms with Crippen LogP contribution in [-0.4, -0.2) is 58.6 Å². The molecule has 2 amide bonds. The number of para-hydroxylation sites is 2. The van der Waals surface area contributed by atoms with Gasteiger partial charge in [0.15, 0.2) is 0 Å². The number of aromatic amines is 1. The fourth-order valence-electron chi connectivity index (χ4n) is 6.26. The number of likely N-dealkylation sites (tertiary alicyclic amines) is 1. The molecule has 3 aliphatic heterocycles. The Balaban J connectivity index is 1.66. The van der Waals surface area contributed by atoms with Gasteiger partial charge in [0.2, 0.25) is 5.91 Å². The first-order valence-corrected chi connectivity index (χ1v) is 10.7. The van der Waals surface area contributed by atoms with Gasteiger partial charge in [-0.15, -0.1) is 0 Å². The van der Waals surface area contributed by atoms with Gasteiger partial charge in [-0.25, -0.2) is 0 Å². The molecule has 1 aromatic heterocycles. The van der Waals surface area contributed by atoms with Gasteiger partial charge < -0.3 is 20.1 Å². The molecule has 6 rings (SSSR count). The van der Waals surface area contributed by atoms with Crippen LogP contribution in [0.15, 0.2) is 54.7 Å². The maximum Gasteiger partial charge on any atom is 0.250 e. The largest absolute Gasteiger partial charge is 0.364 e. The molecule has 3 atom stereocenters. The standard InChI is InChI=1S/C24H25N5O2/c1-15(30)29-21-24(17-8-4-6-10-20(17)27-21,12-23(29)13-25-14-28(2)22(23)31)18-11-26-19-9-5-3-7-16(18)19/h3-11,21,25-27H,12-14H2,1-2H3/t21-,23+,24-/m1/s1. The fraction of sp³-hybridized carbons (Fsp3) is 0.333. The highest BCUT2D eigenvalue weighted by molar-refractivity contribution is 5.96. The molecule has 4 heterocycles. The molecular formula is C24H25N5O2. The number of hydrogen-bond acceptors (Lipinski definition) is 4. The molecule has 158 valence electrons. The lowest BCUT2D eigenvalue weighted by Crippen LogP contribution is -2.68. The van der Waals surface area contributed by atoms with E-state index in [1.807, 2.05) is 24.3 Å². The van der Waals surface area contributed by atoms with Gasteiger partial charge >= 0.3 is 0 Å². The maximum absolute atomic E-state index is 13.6. The van der Waals surface area contributed by atoms with Gasteiger partial charge in [-0.3, -0.25) is 14.9 Å². The molecule has 3 aliphatic rings. The molecule has 1 spiro atoms. The number of benzene rings is 2. The van der Waals surface area contributed by atoms with Crippen molar-refractivity contribution in [2.45, 2.75) is 30.5 Å². The first-order valence-electron chi connectivity index (χ1n) is 10.7. The van der Waals surface area contributed by atoms with Crippen molar-refractivity contribution in [1.29, 1.82) is 0 Å². The molecule has 31 heavy (non-hydrogen) atoms. The van der Waals surface area contributed by atoms with Crippen molar-refractivity contribution >= 4 is 28.4 Å². The summed E-state index contributed by atoms with van der Waals surface area (Å²) in [7, 11) is 1.79. The van der Waals surface area contributed by atoms with Crippen LogP contribution in [0, 0.1) is 0 Å². The van der Waals surface area contributed by atoms with Gasteiger partial charge in [0, 0.05) is 43.3 Å². The molecule has 7 heteroatoms. The monoisotopic (exact) mass is 415 g/mol. The number of hydrogen-bond donors (Lipinski definition) is 3. The van der Waals surface area contributed by atoms with Crippen molar-refractivity contribution in [2.75, 3.05) is 25.6 Å². The molecule has 0 aliphatic carbocycles. The molecule has 3 N–H and O–H groups in total.